The largest absolute Gasteiger partial charge is 0.508 e. The molecule has 0 amide bonds. The van der Waals surface area contributed by atoms with Crippen LogP contribution in [0.4, 0.5) is 0 Å². The first-order chi connectivity index (χ1) is 6.63. The molecule has 78 valence electrons. The first kappa shape index (κ1) is 11.3. The SMILES string of the molecule is CC[C@H](C)NCc1cc(Cl)ccc1O. The van der Waals surface area contributed by atoms with E-state index in [-0.39, 0.29) is 0 Å². The number of phenols is 1. The van der Waals surface area contributed by atoms with Crippen LogP contribution in [0, 0.1) is 0 Å². The highest BCUT2D eigenvalue weighted by Crippen LogP contribution is 2.21. The molecule has 1 atom stereocenters. The highest BCUT2D eigenvalue weighted by molar-refractivity contribution is 6.30. The Labute approximate surface area is 89.9 Å². The fraction of sp³-hybridized carbons (Fsp3) is 0.455. The van der Waals surface area contributed by atoms with Crippen LogP contribution in [0.1, 0.15) is 25.8 Å². The molecule has 0 saturated carbocycles. The van der Waals surface area contributed by atoms with Crippen LogP contribution in [-0.4, -0.2) is 11.1 Å². The summed E-state index contributed by atoms with van der Waals surface area (Å²) in [5.74, 6) is 0.296. The van der Waals surface area contributed by atoms with Gasteiger partial charge in [0, 0.05) is 23.2 Å². The highest BCUT2D eigenvalue weighted by atomic mass is 35.5. The van der Waals surface area contributed by atoms with Gasteiger partial charge in [-0.15, -0.1) is 0 Å². The smallest absolute Gasteiger partial charge is 0.120 e. The third kappa shape index (κ3) is 3.20. The fourth-order valence-corrected chi connectivity index (χ4v) is 1.32. The number of aromatic hydroxyl groups is 1. The summed E-state index contributed by atoms with van der Waals surface area (Å²) in [5.41, 5.74) is 0.845. The van der Waals surface area contributed by atoms with Crippen molar-refractivity contribution in [3.63, 3.8) is 0 Å². The molecule has 0 aliphatic rings. The molecule has 0 spiro atoms. The number of hydrogen-bond acceptors (Lipinski definition) is 2. The molecule has 1 aromatic rings. The van der Waals surface area contributed by atoms with Crippen LogP contribution in [0.25, 0.3) is 0 Å². The second-order valence-electron chi connectivity index (χ2n) is 3.46. The van der Waals surface area contributed by atoms with Gasteiger partial charge in [0.15, 0.2) is 0 Å². The molecule has 0 heterocycles. The Morgan fingerprint density at radius 1 is 1.50 bits per heavy atom. The van der Waals surface area contributed by atoms with Crippen LogP contribution < -0.4 is 5.32 Å². The molecular formula is C11H16ClNO. The fourth-order valence-electron chi connectivity index (χ4n) is 1.12. The predicted molar refractivity (Wildman–Crippen MR) is 59.7 cm³/mol. The molecule has 0 saturated heterocycles. The maximum absolute atomic E-state index is 9.52. The number of rotatable bonds is 4. The summed E-state index contributed by atoms with van der Waals surface area (Å²) in [6.07, 6.45) is 1.07. The molecule has 2 nitrogen and oxygen atoms in total. The maximum Gasteiger partial charge on any atom is 0.120 e. The van der Waals surface area contributed by atoms with E-state index >= 15 is 0 Å². The van der Waals surface area contributed by atoms with E-state index in [0.29, 0.717) is 23.4 Å². The van der Waals surface area contributed by atoms with Crippen molar-refractivity contribution in [1.82, 2.24) is 5.32 Å². The topological polar surface area (TPSA) is 32.3 Å². The summed E-state index contributed by atoms with van der Waals surface area (Å²) in [5, 5.41) is 13.5. The van der Waals surface area contributed by atoms with E-state index in [0.717, 1.165) is 12.0 Å². The minimum absolute atomic E-state index is 0.296. The first-order valence-electron chi connectivity index (χ1n) is 4.84. The van der Waals surface area contributed by atoms with Gasteiger partial charge in [0.25, 0.3) is 0 Å². The molecule has 0 aliphatic carbocycles. The lowest BCUT2D eigenvalue weighted by Gasteiger charge is -2.12. The van der Waals surface area contributed by atoms with Crippen molar-refractivity contribution >= 4 is 11.6 Å². The van der Waals surface area contributed by atoms with E-state index in [4.69, 9.17) is 11.6 Å². The van der Waals surface area contributed by atoms with E-state index in [9.17, 15) is 5.11 Å². The summed E-state index contributed by atoms with van der Waals surface area (Å²) in [7, 11) is 0. The second-order valence-corrected chi connectivity index (χ2v) is 3.90. The molecule has 0 unspecified atom stereocenters. The van der Waals surface area contributed by atoms with Gasteiger partial charge >= 0.3 is 0 Å². The lowest BCUT2D eigenvalue weighted by molar-refractivity contribution is 0.457. The van der Waals surface area contributed by atoms with Crippen LogP contribution in [0.3, 0.4) is 0 Å². The summed E-state index contributed by atoms with van der Waals surface area (Å²) in [6, 6.07) is 5.54. The summed E-state index contributed by atoms with van der Waals surface area (Å²) < 4.78 is 0. The lowest BCUT2D eigenvalue weighted by atomic mass is 10.2. The van der Waals surface area contributed by atoms with Crippen LogP contribution in [0.5, 0.6) is 5.75 Å². The Bertz CT molecular complexity index is 301. The maximum atomic E-state index is 9.52. The summed E-state index contributed by atoms with van der Waals surface area (Å²) in [4.78, 5) is 0. The van der Waals surface area contributed by atoms with Gasteiger partial charge in [0.1, 0.15) is 5.75 Å². The Balaban J connectivity index is 2.62. The number of hydrogen-bond donors (Lipinski definition) is 2. The Morgan fingerprint density at radius 2 is 2.21 bits per heavy atom. The first-order valence-corrected chi connectivity index (χ1v) is 5.22. The molecule has 0 fully saturated rings. The molecule has 0 aromatic heterocycles. The normalized spacial score (nSPS) is 12.8. The minimum Gasteiger partial charge on any atom is -0.508 e. The zero-order chi connectivity index (χ0) is 10.6. The van der Waals surface area contributed by atoms with Gasteiger partial charge in [-0.05, 0) is 31.5 Å². The van der Waals surface area contributed by atoms with Crippen molar-refractivity contribution in [3.05, 3.63) is 28.8 Å². The number of nitrogens with one attached hydrogen (secondary N) is 1. The standard InChI is InChI=1S/C11H16ClNO/c1-3-8(2)13-7-9-6-10(12)4-5-11(9)14/h4-6,8,13-14H,3,7H2,1-2H3/t8-/m0/s1. The molecular weight excluding hydrogens is 198 g/mol. The molecule has 1 aromatic carbocycles. The quantitative estimate of drug-likeness (QED) is 0.806. The van der Waals surface area contributed by atoms with E-state index in [1.54, 1.807) is 18.2 Å². The van der Waals surface area contributed by atoms with Gasteiger partial charge < -0.3 is 10.4 Å². The predicted octanol–water partition coefficient (Wildman–Crippen LogP) is 2.93. The van der Waals surface area contributed by atoms with Gasteiger partial charge in [-0.2, -0.15) is 0 Å². The van der Waals surface area contributed by atoms with Crippen molar-refractivity contribution in [2.24, 2.45) is 0 Å². The third-order valence-corrected chi connectivity index (χ3v) is 2.53. The Morgan fingerprint density at radius 3 is 2.86 bits per heavy atom. The third-order valence-electron chi connectivity index (χ3n) is 2.29. The van der Waals surface area contributed by atoms with Crippen molar-refractivity contribution < 1.29 is 5.11 Å². The van der Waals surface area contributed by atoms with Crippen molar-refractivity contribution in [2.75, 3.05) is 0 Å². The number of phenolic OH excluding ortho intramolecular Hbond substituents is 1. The van der Waals surface area contributed by atoms with E-state index in [1.807, 2.05) is 0 Å². The molecule has 0 radical (unpaired) electrons. The van der Waals surface area contributed by atoms with Crippen LogP contribution >= 0.6 is 11.6 Å². The van der Waals surface area contributed by atoms with Crippen LogP contribution in [0.2, 0.25) is 5.02 Å². The summed E-state index contributed by atoms with van der Waals surface area (Å²) >= 11 is 5.83. The second kappa shape index (κ2) is 5.23. The molecule has 2 N–H and O–H groups in total. The monoisotopic (exact) mass is 213 g/mol. The Kier molecular flexibility index (Phi) is 4.23. The number of halogens is 1. The molecule has 1 rings (SSSR count). The molecule has 3 heteroatoms. The van der Waals surface area contributed by atoms with Gasteiger partial charge in [0.2, 0.25) is 0 Å². The Hall–Kier alpha value is -0.730. The van der Waals surface area contributed by atoms with Gasteiger partial charge in [-0.1, -0.05) is 18.5 Å². The van der Waals surface area contributed by atoms with E-state index in [2.05, 4.69) is 19.2 Å². The average Bonchev–Trinajstić information content (AvgIpc) is 2.19. The van der Waals surface area contributed by atoms with Gasteiger partial charge in [-0.3, -0.25) is 0 Å². The van der Waals surface area contributed by atoms with Crippen LogP contribution in [0.15, 0.2) is 18.2 Å². The zero-order valence-corrected chi connectivity index (χ0v) is 9.30. The summed E-state index contributed by atoms with van der Waals surface area (Å²) in [6.45, 7) is 4.89. The average molecular weight is 214 g/mol. The van der Waals surface area contributed by atoms with E-state index in [1.165, 1.54) is 0 Å². The van der Waals surface area contributed by atoms with Crippen molar-refractivity contribution in [1.29, 1.82) is 0 Å². The number of benzene rings is 1. The molecule has 0 aliphatic heterocycles. The van der Waals surface area contributed by atoms with E-state index < -0.39 is 0 Å². The molecule has 0 bridgehead atoms. The zero-order valence-electron chi connectivity index (χ0n) is 8.55. The lowest BCUT2D eigenvalue weighted by Crippen LogP contribution is -2.24. The van der Waals surface area contributed by atoms with Crippen molar-refractivity contribution in [3.8, 4) is 5.75 Å². The van der Waals surface area contributed by atoms with Crippen LogP contribution in [-0.2, 0) is 6.54 Å². The van der Waals surface area contributed by atoms with Gasteiger partial charge in [-0.25, -0.2) is 0 Å². The highest BCUT2D eigenvalue weighted by Gasteiger charge is 2.03. The van der Waals surface area contributed by atoms with Crippen molar-refractivity contribution in [2.45, 2.75) is 32.9 Å². The molecule has 14 heavy (non-hydrogen) atoms. The van der Waals surface area contributed by atoms with Gasteiger partial charge in [0.05, 0.1) is 0 Å². The minimum atomic E-state index is 0.296.